The SMILES string of the molecule is CCOC(=O)C(=O)Nc1cc(OCC)c(NC(=O)c2cccc(C)c2)cc1OCC. The highest BCUT2D eigenvalue weighted by Gasteiger charge is 2.20. The number of carbonyl (C=O) groups is 3. The van der Waals surface area contributed by atoms with Crippen molar-refractivity contribution in [3.8, 4) is 11.5 Å². The minimum Gasteiger partial charge on any atom is -0.492 e. The van der Waals surface area contributed by atoms with Crippen molar-refractivity contribution in [1.82, 2.24) is 0 Å². The van der Waals surface area contributed by atoms with Crippen molar-refractivity contribution in [2.45, 2.75) is 27.7 Å². The Morgan fingerprint density at radius 1 is 0.833 bits per heavy atom. The zero-order valence-corrected chi connectivity index (χ0v) is 17.5. The quantitative estimate of drug-likeness (QED) is 0.506. The van der Waals surface area contributed by atoms with E-state index in [4.69, 9.17) is 14.2 Å². The van der Waals surface area contributed by atoms with Crippen LogP contribution in [-0.4, -0.2) is 37.6 Å². The summed E-state index contributed by atoms with van der Waals surface area (Å²) in [5, 5.41) is 5.28. The van der Waals surface area contributed by atoms with Crippen LogP contribution in [-0.2, 0) is 14.3 Å². The Morgan fingerprint density at radius 3 is 1.97 bits per heavy atom. The predicted octanol–water partition coefficient (Wildman–Crippen LogP) is 3.55. The van der Waals surface area contributed by atoms with Crippen molar-refractivity contribution in [2.24, 2.45) is 0 Å². The van der Waals surface area contributed by atoms with Crippen molar-refractivity contribution in [3.05, 3.63) is 47.5 Å². The fourth-order valence-corrected chi connectivity index (χ4v) is 2.66. The molecule has 30 heavy (non-hydrogen) atoms. The molecule has 0 atom stereocenters. The van der Waals surface area contributed by atoms with Crippen LogP contribution in [0.3, 0.4) is 0 Å². The van der Waals surface area contributed by atoms with Crippen LogP contribution in [0.5, 0.6) is 11.5 Å². The Labute approximate surface area is 175 Å². The molecular formula is C22H26N2O6. The number of amides is 2. The third kappa shape index (κ3) is 5.97. The summed E-state index contributed by atoms with van der Waals surface area (Å²) >= 11 is 0. The summed E-state index contributed by atoms with van der Waals surface area (Å²) in [6.07, 6.45) is 0. The average molecular weight is 414 g/mol. The van der Waals surface area contributed by atoms with Crippen LogP contribution in [0.25, 0.3) is 0 Å². The molecule has 2 amide bonds. The maximum absolute atomic E-state index is 12.7. The molecule has 0 aliphatic rings. The number of benzene rings is 2. The molecule has 0 heterocycles. The normalized spacial score (nSPS) is 10.1. The van der Waals surface area contributed by atoms with Crippen LogP contribution in [0.15, 0.2) is 36.4 Å². The minimum atomic E-state index is -1.00. The van der Waals surface area contributed by atoms with Crippen molar-refractivity contribution in [1.29, 1.82) is 0 Å². The number of nitrogens with one attached hydrogen (secondary N) is 2. The average Bonchev–Trinajstić information content (AvgIpc) is 2.71. The number of hydrogen-bond donors (Lipinski definition) is 2. The van der Waals surface area contributed by atoms with E-state index in [1.54, 1.807) is 45.0 Å². The zero-order chi connectivity index (χ0) is 22.1. The number of anilines is 2. The third-order valence-corrected chi connectivity index (χ3v) is 3.92. The van der Waals surface area contributed by atoms with E-state index < -0.39 is 11.9 Å². The molecule has 0 saturated heterocycles. The van der Waals surface area contributed by atoms with Gasteiger partial charge in [0.05, 0.1) is 31.2 Å². The molecule has 2 rings (SSSR count). The molecular weight excluding hydrogens is 388 g/mol. The standard InChI is InChI=1S/C22H26N2O6/c1-5-28-18-13-17(24-21(26)22(27)30-7-3)19(29-6-2)12-16(18)23-20(25)15-10-8-9-14(4)11-15/h8-13H,5-7H2,1-4H3,(H,23,25)(H,24,26). The lowest BCUT2D eigenvalue weighted by atomic mass is 10.1. The number of ether oxygens (including phenoxy) is 3. The second-order valence-corrected chi connectivity index (χ2v) is 6.21. The van der Waals surface area contributed by atoms with Crippen LogP contribution in [0.4, 0.5) is 11.4 Å². The first-order valence-corrected chi connectivity index (χ1v) is 9.69. The first-order chi connectivity index (χ1) is 14.4. The van der Waals surface area contributed by atoms with Crippen LogP contribution >= 0.6 is 0 Å². The molecule has 0 spiro atoms. The summed E-state index contributed by atoms with van der Waals surface area (Å²) in [4.78, 5) is 36.4. The van der Waals surface area contributed by atoms with Gasteiger partial charge in [-0.2, -0.15) is 0 Å². The topological polar surface area (TPSA) is 103 Å². The van der Waals surface area contributed by atoms with Crippen molar-refractivity contribution in [3.63, 3.8) is 0 Å². The highest BCUT2D eigenvalue weighted by molar-refractivity contribution is 6.37. The van der Waals surface area contributed by atoms with Gasteiger partial charge in [0.25, 0.3) is 5.91 Å². The van der Waals surface area contributed by atoms with Gasteiger partial charge in [-0.3, -0.25) is 9.59 Å². The third-order valence-electron chi connectivity index (χ3n) is 3.92. The maximum atomic E-state index is 12.7. The molecule has 0 radical (unpaired) electrons. The van der Waals surface area contributed by atoms with Gasteiger partial charge < -0.3 is 24.8 Å². The summed E-state index contributed by atoms with van der Waals surface area (Å²) in [7, 11) is 0. The van der Waals surface area contributed by atoms with E-state index in [0.29, 0.717) is 30.2 Å². The molecule has 0 aliphatic heterocycles. The highest BCUT2D eigenvalue weighted by atomic mass is 16.5. The van der Waals surface area contributed by atoms with Crippen LogP contribution < -0.4 is 20.1 Å². The molecule has 160 valence electrons. The molecule has 8 nitrogen and oxygen atoms in total. The van der Waals surface area contributed by atoms with E-state index in [0.717, 1.165) is 5.56 Å². The number of esters is 1. The lowest BCUT2D eigenvalue weighted by Gasteiger charge is -2.17. The van der Waals surface area contributed by atoms with Gasteiger partial charge in [-0.25, -0.2) is 4.79 Å². The van der Waals surface area contributed by atoms with Crippen molar-refractivity contribution in [2.75, 3.05) is 30.5 Å². The largest absolute Gasteiger partial charge is 0.492 e. The molecule has 0 saturated carbocycles. The van der Waals surface area contributed by atoms with Gasteiger partial charge in [0, 0.05) is 17.7 Å². The number of carbonyl (C=O) groups excluding carboxylic acids is 3. The number of hydrogen-bond acceptors (Lipinski definition) is 6. The summed E-state index contributed by atoms with van der Waals surface area (Å²) in [5.74, 6) is -1.66. The minimum absolute atomic E-state index is 0.0820. The summed E-state index contributed by atoms with van der Waals surface area (Å²) in [5.41, 5.74) is 2.06. The maximum Gasteiger partial charge on any atom is 0.397 e. The van der Waals surface area contributed by atoms with Gasteiger partial charge >= 0.3 is 11.9 Å². The van der Waals surface area contributed by atoms with E-state index in [2.05, 4.69) is 10.6 Å². The monoisotopic (exact) mass is 414 g/mol. The second kappa shape index (κ2) is 10.8. The van der Waals surface area contributed by atoms with Gasteiger partial charge in [-0.1, -0.05) is 17.7 Å². The van der Waals surface area contributed by atoms with E-state index >= 15 is 0 Å². The van der Waals surface area contributed by atoms with E-state index in [9.17, 15) is 14.4 Å². The molecule has 2 aromatic carbocycles. The molecule has 2 N–H and O–H groups in total. The summed E-state index contributed by atoms with van der Waals surface area (Å²) in [6, 6.07) is 10.2. The smallest absolute Gasteiger partial charge is 0.397 e. The molecule has 0 bridgehead atoms. The summed E-state index contributed by atoms with van der Waals surface area (Å²) < 4.78 is 15.9. The Bertz CT molecular complexity index is 926. The predicted molar refractivity (Wildman–Crippen MR) is 113 cm³/mol. The lowest BCUT2D eigenvalue weighted by Crippen LogP contribution is -2.25. The first-order valence-electron chi connectivity index (χ1n) is 9.69. The second-order valence-electron chi connectivity index (χ2n) is 6.21. The fraction of sp³-hybridized carbons (Fsp3) is 0.318. The highest BCUT2D eigenvalue weighted by Crippen LogP contribution is 2.37. The van der Waals surface area contributed by atoms with Crippen molar-refractivity contribution < 1.29 is 28.6 Å². The fourth-order valence-electron chi connectivity index (χ4n) is 2.66. The molecule has 2 aromatic rings. The lowest BCUT2D eigenvalue weighted by molar-refractivity contribution is -0.152. The Balaban J connectivity index is 2.37. The Kier molecular flexibility index (Phi) is 8.22. The van der Waals surface area contributed by atoms with E-state index in [-0.39, 0.29) is 24.0 Å². The summed E-state index contributed by atoms with van der Waals surface area (Å²) in [6.45, 7) is 7.79. The van der Waals surface area contributed by atoms with Crippen LogP contribution in [0, 0.1) is 6.92 Å². The van der Waals surface area contributed by atoms with Gasteiger partial charge in [0.1, 0.15) is 11.5 Å². The molecule has 0 unspecified atom stereocenters. The number of aryl methyl sites for hydroxylation is 1. The van der Waals surface area contributed by atoms with E-state index in [1.165, 1.54) is 6.07 Å². The molecule has 0 fully saturated rings. The molecule has 0 aromatic heterocycles. The molecule has 8 heteroatoms. The van der Waals surface area contributed by atoms with E-state index in [1.807, 2.05) is 13.0 Å². The first kappa shape index (κ1) is 22.7. The zero-order valence-electron chi connectivity index (χ0n) is 17.5. The van der Waals surface area contributed by atoms with Gasteiger partial charge in [0.15, 0.2) is 0 Å². The molecule has 0 aliphatic carbocycles. The number of rotatable bonds is 8. The van der Waals surface area contributed by atoms with Crippen molar-refractivity contribution >= 4 is 29.2 Å². The van der Waals surface area contributed by atoms with Gasteiger partial charge in [-0.15, -0.1) is 0 Å². The van der Waals surface area contributed by atoms with Gasteiger partial charge in [-0.05, 0) is 39.8 Å². The Hall–Kier alpha value is -3.55. The van der Waals surface area contributed by atoms with Crippen LogP contribution in [0.1, 0.15) is 36.7 Å². The van der Waals surface area contributed by atoms with Gasteiger partial charge in [0.2, 0.25) is 0 Å². The van der Waals surface area contributed by atoms with Crippen LogP contribution in [0.2, 0.25) is 0 Å². The Morgan fingerprint density at radius 2 is 1.43 bits per heavy atom.